The van der Waals surface area contributed by atoms with Crippen LogP contribution >= 0.6 is 0 Å². The molecular formula is C19H20N2O4S. The lowest BCUT2D eigenvalue weighted by Crippen LogP contribution is -2.33. The fraction of sp³-hybridized carbons (Fsp3) is 0.263. The van der Waals surface area contributed by atoms with E-state index in [-0.39, 0.29) is 16.6 Å². The second-order valence-electron chi connectivity index (χ2n) is 6.31. The molecule has 0 atom stereocenters. The van der Waals surface area contributed by atoms with Crippen LogP contribution in [0.1, 0.15) is 36.2 Å². The fourth-order valence-electron chi connectivity index (χ4n) is 3.08. The first-order chi connectivity index (χ1) is 12.3. The molecule has 6 nitrogen and oxygen atoms in total. The number of aryl methyl sites for hydroxylation is 1. The highest BCUT2D eigenvalue weighted by Gasteiger charge is 2.23. The molecule has 0 fully saturated rings. The SMILES string of the molecule is CC(=O)c1cccc(NS(=O)(=O)c2ccc3c(c2)CCCN3C(C)=O)c1. The Morgan fingerprint density at radius 2 is 1.85 bits per heavy atom. The molecule has 3 rings (SSSR count). The van der Waals surface area contributed by atoms with E-state index in [2.05, 4.69) is 4.72 Å². The van der Waals surface area contributed by atoms with Gasteiger partial charge in [-0.05, 0) is 55.7 Å². The number of carbonyl (C=O) groups excluding carboxylic acids is 2. The summed E-state index contributed by atoms with van der Waals surface area (Å²) in [5, 5.41) is 0. The number of nitrogens with one attached hydrogen (secondary N) is 1. The third-order valence-corrected chi connectivity index (χ3v) is 5.76. The molecule has 0 bridgehead atoms. The lowest BCUT2D eigenvalue weighted by molar-refractivity contribution is -0.116. The van der Waals surface area contributed by atoms with E-state index in [1.807, 2.05) is 0 Å². The average Bonchev–Trinajstić information content (AvgIpc) is 2.60. The molecule has 1 amide bonds. The van der Waals surface area contributed by atoms with Crippen molar-refractivity contribution in [3.63, 3.8) is 0 Å². The zero-order valence-electron chi connectivity index (χ0n) is 14.7. The Morgan fingerprint density at radius 3 is 2.54 bits per heavy atom. The number of anilines is 2. The van der Waals surface area contributed by atoms with E-state index in [0.717, 1.165) is 24.1 Å². The predicted molar refractivity (Wildman–Crippen MR) is 100 cm³/mol. The molecule has 1 N–H and O–H groups in total. The van der Waals surface area contributed by atoms with Gasteiger partial charge in [-0.15, -0.1) is 0 Å². The van der Waals surface area contributed by atoms with Crippen molar-refractivity contribution in [2.45, 2.75) is 31.6 Å². The summed E-state index contributed by atoms with van der Waals surface area (Å²) in [5.74, 6) is -0.190. The molecule has 0 saturated heterocycles. The number of ketones is 1. The minimum atomic E-state index is -3.79. The van der Waals surface area contributed by atoms with Crippen molar-refractivity contribution in [2.24, 2.45) is 0 Å². The molecule has 1 aliphatic rings. The Morgan fingerprint density at radius 1 is 1.08 bits per heavy atom. The molecule has 7 heteroatoms. The molecule has 136 valence electrons. The van der Waals surface area contributed by atoms with E-state index >= 15 is 0 Å². The normalized spacial score (nSPS) is 13.8. The average molecular weight is 372 g/mol. The molecule has 0 saturated carbocycles. The number of hydrogen-bond acceptors (Lipinski definition) is 4. The Kier molecular flexibility index (Phi) is 4.82. The molecule has 1 heterocycles. The highest BCUT2D eigenvalue weighted by molar-refractivity contribution is 7.92. The Bertz CT molecular complexity index is 983. The number of amides is 1. The molecule has 0 spiro atoms. The summed E-state index contributed by atoms with van der Waals surface area (Å²) in [7, 11) is -3.79. The van der Waals surface area contributed by atoms with E-state index in [0.29, 0.717) is 17.8 Å². The summed E-state index contributed by atoms with van der Waals surface area (Å²) >= 11 is 0. The quantitative estimate of drug-likeness (QED) is 0.837. The number of carbonyl (C=O) groups is 2. The van der Waals surface area contributed by atoms with Crippen LogP contribution in [-0.4, -0.2) is 26.7 Å². The number of nitrogens with zero attached hydrogens (tertiary/aromatic N) is 1. The smallest absolute Gasteiger partial charge is 0.261 e. The molecule has 0 aliphatic carbocycles. The zero-order chi connectivity index (χ0) is 18.9. The van der Waals surface area contributed by atoms with Gasteiger partial charge in [-0.2, -0.15) is 0 Å². The summed E-state index contributed by atoms with van der Waals surface area (Å²) in [6.45, 7) is 3.58. The van der Waals surface area contributed by atoms with Gasteiger partial charge in [-0.1, -0.05) is 12.1 Å². The Balaban J connectivity index is 1.92. The van der Waals surface area contributed by atoms with Crippen molar-refractivity contribution < 1.29 is 18.0 Å². The van der Waals surface area contributed by atoms with Crippen LogP contribution < -0.4 is 9.62 Å². The lowest BCUT2D eigenvalue weighted by Gasteiger charge is -2.28. The minimum absolute atomic E-state index is 0.0549. The molecule has 26 heavy (non-hydrogen) atoms. The van der Waals surface area contributed by atoms with Crippen LogP contribution in [0.25, 0.3) is 0 Å². The second kappa shape index (κ2) is 6.92. The highest BCUT2D eigenvalue weighted by Crippen LogP contribution is 2.30. The lowest BCUT2D eigenvalue weighted by atomic mass is 10.0. The molecular weight excluding hydrogens is 352 g/mol. The van der Waals surface area contributed by atoms with Gasteiger partial charge in [0.05, 0.1) is 4.90 Å². The van der Waals surface area contributed by atoms with Crippen LogP contribution in [0.3, 0.4) is 0 Å². The number of benzene rings is 2. The third-order valence-electron chi connectivity index (χ3n) is 4.38. The van der Waals surface area contributed by atoms with E-state index in [4.69, 9.17) is 0 Å². The Hall–Kier alpha value is -2.67. The standard InChI is InChI=1S/C19H20N2O4S/c1-13(22)15-5-3-7-17(11-15)20-26(24,25)18-8-9-19-16(12-18)6-4-10-21(19)14(2)23/h3,5,7-9,11-12,20H,4,6,10H2,1-2H3. The zero-order valence-corrected chi connectivity index (χ0v) is 15.5. The maximum absolute atomic E-state index is 12.7. The van der Waals surface area contributed by atoms with Gasteiger partial charge < -0.3 is 4.90 Å². The number of Topliss-reactive ketones (excluding diaryl/α,β-unsaturated/α-hetero) is 1. The van der Waals surface area contributed by atoms with Gasteiger partial charge in [-0.25, -0.2) is 8.42 Å². The van der Waals surface area contributed by atoms with Gasteiger partial charge in [0.15, 0.2) is 5.78 Å². The van der Waals surface area contributed by atoms with E-state index in [1.165, 1.54) is 26.0 Å². The first kappa shape index (κ1) is 18.1. The van der Waals surface area contributed by atoms with Gasteiger partial charge in [0.2, 0.25) is 5.91 Å². The minimum Gasteiger partial charge on any atom is -0.312 e. The van der Waals surface area contributed by atoms with Crippen molar-refractivity contribution in [1.82, 2.24) is 0 Å². The van der Waals surface area contributed by atoms with Crippen LogP contribution in [0, 0.1) is 0 Å². The number of rotatable bonds is 4. The summed E-state index contributed by atoms with van der Waals surface area (Å²) in [4.78, 5) is 25.0. The largest absolute Gasteiger partial charge is 0.312 e. The molecule has 1 aliphatic heterocycles. The maximum Gasteiger partial charge on any atom is 0.261 e. The molecule has 0 unspecified atom stereocenters. The number of sulfonamides is 1. The van der Waals surface area contributed by atoms with Crippen molar-refractivity contribution in [1.29, 1.82) is 0 Å². The van der Waals surface area contributed by atoms with Crippen LogP contribution in [0.2, 0.25) is 0 Å². The monoisotopic (exact) mass is 372 g/mol. The second-order valence-corrected chi connectivity index (χ2v) is 7.99. The molecule has 0 aromatic heterocycles. The number of hydrogen-bond donors (Lipinski definition) is 1. The van der Waals surface area contributed by atoms with Crippen molar-refractivity contribution >= 4 is 33.1 Å². The van der Waals surface area contributed by atoms with E-state index in [1.54, 1.807) is 35.2 Å². The van der Waals surface area contributed by atoms with Crippen LogP contribution in [0.5, 0.6) is 0 Å². The highest BCUT2D eigenvalue weighted by atomic mass is 32.2. The number of fused-ring (bicyclic) bond motifs is 1. The van der Waals surface area contributed by atoms with Gasteiger partial charge >= 0.3 is 0 Å². The third kappa shape index (κ3) is 3.62. The van der Waals surface area contributed by atoms with Crippen LogP contribution in [-0.2, 0) is 21.2 Å². The summed E-state index contributed by atoms with van der Waals surface area (Å²) in [6, 6.07) is 11.2. The van der Waals surface area contributed by atoms with E-state index in [9.17, 15) is 18.0 Å². The summed E-state index contributed by atoms with van der Waals surface area (Å²) < 4.78 is 27.9. The topological polar surface area (TPSA) is 83.6 Å². The van der Waals surface area contributed by atoms with Crippen molar-refractivity contribution in [3.8, 4) is 0 Å². The maximum atomic E-state index is 12.7. The fourth-order valence-corrected chi connectivity index (χ4v) is 4.18. The van der Waals surface area contributed by atoms with Gasteiger partial charge in [0.25, 0.3) is 10.0 Å². The molecule has 2 aromatic carbocycles. The first-order valence-corrected chi connectivity index (χ1v) is 9.81. The Labute approximate surface area is 152 Å². The molecule has 2 aromatic rings. The van der Waals surface area contributed by atoms with Crippen molar-refractivity contribution in [2.75, 3.05) is 16.2 Å². The predicted octanol–water partition coefficient (Wildman–Crippen LogP) is 2.99. The summed E-state index contributed by atoms with van der Waals surface area (Å²) in [6.07, 6.45) is 1.52. The van der Waals surface area contributed by atoms with Crippen molar-refractivity contribution in [3.05, 3.63) is 53.6 Å². The van der Waals surface area contributed by atoms with Gasteiger partial charge in [0, 0.05) is 30.4 Å². The van der Waals surface area contributed by atoms with Crippen LogP contribution in [0.15, 0.2) is 47.4 Å². The van der Waals surface area contributed by atoms with Gasteiger partial charge in [0.1, 0.15) is 0 Å². The van der Waals surface area contributed by atoms with Gasteiger partial charge in [-0.3, -0.25) is 14.3 Å². The first-order valence-electron chi connectivity index (χ1n) is 8.33. The summed E-state index contributed by atoms with van der Waals surface area (Å²) in [5.41, 5.74) is 2.38. The van der Waals surface area contributed by atoms with E-state index < -0.39 is 10.0 Å². The molecule has 0 radical (unpaired) electrons. The van der Waals surface area contributed by atoms with Crippen LogP contribution in [0.4, 0.5) is 11.4 Å².